The zero-order chi connectivity index (χ0) is 18.9. The van der Waals surface area contributed by atoms with Gasteiger partial charge in [0, 0.05) is 23.2 Å². The molecule has 3 N–H and O–H groups in total. The normalized spacial score (nSPS) is 12.9. The molecule has 2 aromatic rings. The Morgan fingerprint density at radius 1 is 1.27 bits per heavy atom. The number of likely N-dealkylation sites (N-methyl/N-ethyl adjacent to an activating group) is 1. The van der Waals surface area contributed by atoms with Crippen molar-refractivity contribution >= 4 is 28.8 Å². The Morgan fingerprint density at radius 2 is 2.08 bits per heavy atom. The molecule has 0 aliphatic rings. The van der Waals surface area contributed by atoms with E-state index in [1.165, 1.54) is 4.88 Å². The number of ether oxygens (including phenoxy) is 1. The molecule has 1 unspecified atom stereocenters. The fourth-order valence-corrected chi connectivity index (χ4v) is 3.16. The maximum absolute atomic E-state index is 12.3. The molecule has 0 fully saturated rings. The first kappa shape index (κ1) is 19.9. The van der Waals surface area contributed by atoms with Crippen molar-refractivity contribution in [2.24, 2.45) is 0 Å². The molecule has 2 atom stereocenters. The minimum atomic E-state index is -0.311. The molecular weight excluding hydrogens is 350 g/mol. The van der Waals surface area contributed by atoms with Gasteiger partial charge >= 0.3 is 0 Å². The summed E-state index contributed by atoms with van der Waals surface area (Å²) in [5, 5.41) is 7.80. The predicted molar refractivity (Wildman–Crippen MR) is 104 cm³/mol. The molecule has 0 bridgehead atoms. The number of hydrogen-bond acceptors (Lipinski definition) is 4. The summed E-state index contributed by atoms with van der Waals surface area (Å²) in [6.07, 6.45) is 0.825. The summed E-state index contributed by atoms with van der Waals surface area (Å²) < 4.78 is 5.14. The van der Waals surface area contributed by atoms with Crippen LogP contribution in [0.3, 0.4) is 0 Å². The highest BCUT2D eigenvalue weighted by Crippen LogP contribution is 2.16. The van der Waals surface area contributed by atoms with E-state index < -0.39 is 0 Å². The Hall–Kier alpha value is -2.38. The van der Waals surface area contributed by atoms with E-state index in [1.807, 2.05) is 37.6 Å². The van der Waals surface area contributed by atoms with Crippen LogP contribution in [0.25, 0.3) is 0 Å². The number of thiophene rings is 1. The Bertz CT molecular complexity index is 719. The molecule has 0 aliphatic heterocycles. The average Bonchev–Trinajstić information content (AvgIpc) is 3.14. The lowest BCUT2D eigenvalue weighted by Gasteiger charge is -2.20. The van der Waals surface area contributed by atoms with Gasteiger partial charge in [-0.15, -0.1) is 11.3 Å². The molecule has 26 heavy (non-hydrogen) atoms. The van der Waals surface area contributed by atoms with Crippen LogP contribution < -0.4 is 20.3 Å². The molecule has 0 aliphatic carbocycles. The number of benzene rings is 1. The van der Waals surface area contributed by atoms with Crippen molar-refractivity contribution in [2.75, 3.05) is 32.6 Å². The first-order valence-corrected chi connectivity index (χ1v) is 9.44. The maximum atomic E-state index is 12.3. The summed E-state index contributed by atoms with van der Waals surface area (Å²) in [5.41, 5.74) is 0.676. The average molecular weight is 377 g/mol. The molecule has 1 aromatic carbocycles. The van der Waals surface area contributed by atoms with Crippen molar-refractivity contribution in [2.45, 2.75) is 19.4 Å². The first-order chi connectivity index (χ1) is 12.5. The van der Waals surface area contributed by atoms with Crippen molar-refractivity contribution < 1.29 is 19.2 Å². The Morgan fingerprint density at radius 3 is 2.77 bits per heavy atom. The number of rotatable bonds is 9. The third-order valence-corrected chi connectivity index (χ3v) is 5.11. The summed E-state index contributed by atoms with van der Waals surface area (Å²) in [5.74, 6) is 0.490. The van der Waals surface area contributed by atoms with E-state index in [9.17, 15) is 9.59 Å². The highest BCUT2D eigenvalue weighted by atomic mass is 32.1. The highest BCUT2D eigenvalue weighted by Gasteiger charge is 2.23. The van der Waals surface area contributed by atoms with E-state index in [1.54, 1.807) is 30.6 Å². The molecule has 140 valence electrons. The van der Waals surface area contributed by atoms with Gasteiger partial charge in [0.15, 0.2) is 12.6 Å². The molecule has 0 saturated carbocycles. The quantitative estimate of drug-likeness (QED) is 0.610. The zero-order valence-electron chi connectivity index (χ0n) is 15.4. The van der Waals surface area contributed by atoms with Crippen LogP contribution in [0, 0.1) is 0 Å². The second kappa shape index (κ2) is 9.94. The van der Waals surface area contributed by atoms with E-state index >= 15 is 0 Å². The molecule has 0 spiro atoms. The summed E-state index contributed by atoms with van der Waals surface area (Å²) in [4.78, 5) is 26.6. The molecule has 6 nitrogen and oxygen atoms in total. The van der Waals surface area contributed by atoms with E-state index in [2.05, 4.69) is 16.7 Å². The minimum Gasteiger partial charge on any atom is -0.497 e. The van der Waals surface area contributed by atoms with Crippen molar-refractivity contribution in [3.63, 3.8) is 0 Å². The monoisotopic (exact) mass is 376 g/mol. The van der Waals surface area contributed by atoms with Crippen LogP contribution in [-0.2, 0) is 16.0 Å². The molecule has 2 rings (SSSR count). The molecule has 7 heteroatoms. The van der Waals surface area contributed by atoms with Gasteiger partial charge < -0.3 is 20.3 Å². The van der Waals surface area contributed by atoms with Crippen molar-refractivity contribution in [1.29, 1.82) is 0 Å². The lowest BCUT2D eigenvalue weighted by Crippen LogP contribution is -3.15. The van der Waals surface area contributed by atoms with Crippen molar-refractivity contribution in [3.05, 3.63) is 46.7 Å². The Kier molecular flexibility index (Phi) is 7.62. The van der Waals surface area contributed by atoms with Crippen LogP contribution >= 0.6 is 11.3 Å². The lowest BCUT2D eigenvalue weighted by atomic mass is 10.2. The predicted octanol–water partition coefficient (Wildman–Crippen LogP) is 0.957. The topological polar surface area (TPSA) is 71.9 Å². The molecule has 1 aromatic heterocycles. The summed E-state index contributed by atoms with van der Waals surface area (Å²) >= 11 is 1.68. The molecule has 2 amide bonds. The molecule has 0 saturated heterocycles. The van der Waals surface area contributed by atoms with Gasteiger partial charge in [-0.3, -0.25) is 9.59 Å². The van der Waals surface area contributed by atoms with Crippen LogP contribution in [-0.4, -0.2) is 45.1 Å². The van der Waals surface area contributed by atoms with Crippen molar-refractivity contribution in [3.8, 4) is 5.75 Å². The number of quaternary nitrogens is 1. The number of carbonyl (C=O) groups excluding carboxylic acids is 2. The SMILES string of the molecule is COc1cccc(NC(=O)C[NH+](C)[C@H](C)C(=O)NCCc2cccs2)c1. The van der Waals surface area contributed by atoms with Gasteiger partial charge in [0.1, 0.15) is 5.75 Å². The third-order valence-electron chi connectivity index (χ3n) is 4.18. The second-order valence-corrected chi connectivity index (χ2v) is 7.18. The largest absolute Gasteiger partial charge is 0.497 e. The first-order valence-electron chi connectivity index (χ1n) is 8.56. The number of hydrogen-bond donors (Lipinski definition) is 3. The Balaban J connectivity index is 1.76. The third kappa shape index (κ3) is 6.16. The number of nitrogens with one attached hydrogen (secondary N) is 3. The fraction of sp³-hybridized carbons (Fsp3) is 0.368. The van der Waals surface area contributed by atoms with Gasteiger partial charge in [-0.05, 0) is 36.9 Å². The lowest BCUT2D eigenvalue weighted by molar-refractivity contribution is -0.885. The fourth-order valence-electron chi connectivity index (χ4n) is 2.45. The van der Waals surface area contributed by atoms with Crippen LogP contribution in [0.5, 0.6) is 5.75 Å². The number of anilines is 1. The van der Waals surface area contributed by atoms with E-state index in [0.717, 1.165) is 11.3 Å². The van der Waals surface area contributed by atoms with Gasteiger partial charge in [0.2, 0.25) is 0 Å². The van der Waals surface area contributed by atoms with Crippen molar-refractivity contribution in [1.82, 2.24) is 5.32 Å². The Labute approximate surface area is 158 Å². The van der Waals surface area contributed by atoms with Gasteiger partial charge in [-0.2, -0.15) is 0 Å². The van der Waals surface area contributed by atoms with Crippen LogP contribution in [0.4, 0.5) is 5.69 Å². The van der Waals surface area contributed by atoms with Gasteiger partial charge in [0.05, 0.1) is 14.2 Å². The number of amides is 2. The number of methoxy groups -OCH3 is 1. The minimum absolute atomic E-state index is 0.0479. The standard InChI is InChI=1S/C19H25N3O3S/c1-14(19(24)20-10-9-17-8-5-11-26-17)22(2)13-18(23)21-15-6-4-7-16(12-15)25-3/h4-8,11-12,14H,9-10,13H2,1-3H3,(H,20,24)(H,21,23)/p+1/t14-/m1/s1. The number of carbonyl (C=O) groups is 2. The van der Waals surface area contributed by atoms with Crippen LogP contribution in [0.15, 0.2) is 41.8 Å². The van der Waals surface area contributed by atoms with E-state index in [0.29, 0.717) is 18.0 Å². The smallest absolute Gasteiger partial charge is 0.279 e. The van der Waals surface area contributed by atoms with Crippen LogP contribution in [0.1, 0.15) is 11.8 Å². The van der Waals surface area contributed by atoms with Gasteiger partial charge in [-0.25, -0.2) is 0 Å². The van der Waals surface area contributed by atoms with E-state index in [4.69, 9.17) is 4.74 Å². The molecular formula is C19H26N3O3S+. The van der Waals surface area contributed by atoms with Crippen LogP contribution in [0.2, 0.25) is 0 Å². The van der Waals surface area contributed by atoms with Gasteiger partial charge in [-0.1, -0.05) is 12.1 Å². The maximum Gasteiger partial charge on any atom is 0.279 e. The summed E-state index contributed by atoms with van der Waals surface area (Å²) in [6.45, 7) is 2.64. The van der Waals surface area contributed by atoms with E-state index in [-0.39, 0.29) is 24.4 Å². The van der Waals surface area contributed by atoms with Gasteiger partial charge in [0.25, 0.3) is 11.8 Å². The second-order valence-electron chi connectivity index (χ2n) is 6.15. The zero-order valence-corrected chi connectivity index (χ0v) is 16.2. The molecule has 0 radical (unpaired) electrons. The summed E-state index contributed by atoms with van der Waals surface area (Å²) in [6, 6.07) is 10.9. The molecule has 1 heterocycles. The summed E-state index contributed by atoms with van der Waals surface area (Å²) in [7, 11) is 3.42. The highest BCUT2D eigenvalue weighted by molar-refractivity contribution is 7.09.